The van der Waals surface area contributed by atoms with Gasteiger partial charge in [0.25, 0.3) is 5.91 Å². The van der Waals surface area contributed by atoms with Crippen molar-refractivity contribution in [1.82, 2.24) is 20.3 Å². The summed E-state index contributed by atoms with van der Waals surface area (Å²) in [5.74, 6) is -1.97. The Morgan fingerprint density at radius 2 is 2.00 bits per heavy atom. The molecule has 1 aromatic carbocycles. The van der Waals surface area contributed by atoms with Crippen molar-refractivity contribution in [3.8, 4) is 5.69 Å². The van der Waals surface area contributed by atoms with Crippen LogP contribution in [0.4, 0.5) is 17.6 Å². The topological polar surface area (TPSA) is 85.8 Å². The maximum atomic E-state index is 13.7. The highest BCUT2D eigenvalue weighted by Gasteiger charge is 2.42. The smallest absolute Gasteiger partial charge is 0.351 e. The number of carbonyl (C=O) groups excluding carboxylic acids is 1. The van der Waals surface area contributed by atoms with Crippen molar-refractivity contribution in [3.05, 3.63) is 41.5 Å². The molecule has 3 N–H and O–H groups in total. The van der Waals surface area contributed by atoms with Crippen LogP contribution in [0.1, 0.15) is 22.6 Å². The van der Waals surface area contributed by atoms with E-state index in [0.29, 0.717) is 6.42 Å². The monoisotopic (exact) mass is 331 g/mol. The Morgan fingerprint density at radius 3 is 2.61 bits per heavy atom. The minimum absolute atomic E-state index is 0.0964. The zero-order chi connectivity index (χ0) is 17.0. The summed E-state index contributed by atoms with van der Waals surface area (Å²) in [6, 6.07) is 4.76. The van der Waals surface area contributed by atoms with Crippen LogP contribution in [0.15, 0.2) is 24.3 Å². The van der Waals surface area contributed by atoms with Crippen molar-refractivity contribution in [2.45, 2.75) is 12.6 Å². The molecule has 2 rings (SSSR count). The number of carbonyl (C=O) groups is 1. The summed E-state index contributed by atoms with van der Waals surface area (Å²) in [6.45, 7) is 0.369. The fourth-order valence-corrected chi connectivity index (χ4v) is 1.87. The first-order chi connectivity index (χ1) is 10.9. The summed E-state index contributed by atoms with van der Waals surface area (Å²) >= 11 is 0. The van der Waals surface area contributed by atoms with Gasteiger partial charge < -0.3 is 11.1 Å². The second-order valence-electron chi connectivity index (χ2n) is 4.55. The average molecular weight is 331 g/mol. The van der Waals surface area contributed by atoms with Gasteiger partial charge in [-0.3, -0.25) is 4.79 Å². The molecule has 0 aliphatic rings. The van der Waals surface area contributed by atoms with Gasteiger partial charge >= 0.3 is 6.18 Å². The van der Waals surface area contributed by atoms with E-state index in [1.54, 1.807) is 0 Å². The molecular weight excluding hydrogens is 318 g/mol. The molecule has 0 atom stereocenters. The summed E-state index contributed by atoms with van der Waals surface area (Å²) in [4.78, 5) is 11.9. The summed E-state index contributed by atoms with van der Waals surface area (Å²) in [7, 11) is 0. The van der Waals surface area contributed by atoms with E-state index in [4.69, 9.17) is 5.73 Å². The van der Waals surface area contributed by atoms with E-state index in [1.807, 2.05) is 0 Å². The molecule has 0 unspecified atom stereocenters. The molecule has 10 heteroatoms. The molecule has 0 radical (unpaired) electrons. The van der Waals surface area contributed by atoms with Gasteiger partial charge in [-0.1, -0.05) is 17.3 Å². The molecule has 0 aliphatic carbocycles. The number of rotatable bonds is 5. The number of hydrogen-bond acceptors (Lipinski definition) is 4. The largest absolute Gasteiger partial charge is 0.435 e. The Morgan fingerprint density at radius 1 is 1.30 bits per heavy atom. The van der Waals surface area contributed by atoms with E-state index in [2.05, 4.69) is 15.6 Å². The van der Waals surface area contributed by atoms with Crippen molar-refractivity contribution in [3.63, 3.8) is 0 Å². The predicted octanol–water partition coefficient (Wildman–Crippen LogP) is 1.50. The molecule has 0 aliphatic heterocycles. The van der Waals surface area contributed by atoms with Gasteiger partial charge in [0.05, 0.1) is 0 Å². The van der Waals surface area contributed by atoms with Crippen molar-refractivity contribution >= 4 is 5.91 Å². The molecule has 2 aromatic rings. The highest BCUT2D eigenvalue weighted by atomic mass is 19.4. The van der Waals surface area contributed by atoms with Crippen LogP contribution in [0.3, 0.4) is 0 Å². The lowest BCUT2D eigenvalue weighted by Gasteiger charge is -2.11. The molecule has 23 heavy (non-hydrogen) atoms. The Balaban J connectivity index is 2.46. The first-order valence-corrected chi connectivity index (χ1v) is 6.62. The van der Waals surface area contributed by atoms with E-state index in [-0.39, 0.29) is 17.8 Å². The highest BCUT2D eigenvalue weighted by molar-refractivity contribution is 5.93. The number of halogens is 4. The third kappa shape index (κ3) is 3.65. The van der Waals surface area contributed by atoms with Crippen LogP contribution in [-0.4, -0.2) is 34.0 Å². The molecule has 6 nitrogen and oxygen atoms in total. The zero-order valence-corrected chi connectivity index (χ0v) is 11.8. The minimum atomic E-state index is -4.94. The Kier molecular flexibility index (Phi) is 4.94. The molecule has 124 valence electrons. The number of hydrogen-bond donors (Lipinski definition) is 2. The number of para-hydroxylation sites is 1. The number of amides is 1. The number of nitrogens with one attached hydrogen (secondary N) is 1. The fraction of sp³-hybridized carbons (Fsp3) is 0.308. The lowest BCUT2D eigenvalue weighted by Crippen LogP contribution is -2.29. The van der Waals surface area contributed by atoms with Gasteiger partial charge in [-0.2, -0.15) is 13.2 Å². The molecular formula is C13H13F4N5O. The number of nitrogens with zero attached hydrogens (tertiary/aromatic N) is 3. The van der Waals surface area contributed by atoms with Crippen molar-refractivity contribution < 1.29 is 22.4 Å². The Labute approximate surface area is 128 Å². The number of aromatic nitrogens is 3. The normalized spacial score (nSPS) is 11.5. The van der Waals surface area contributed by atoms with Crippen LogP contribution in [0.25, 0.3) is 5.69 Å². The third-order valence-electron chi connectivity index (χ3n) is 2.90. The van der Waals surface area contributed by atoms with E-state index in [9.17, 15) is 22.4 Å². The molecule has 1 heterocycles. The molecule has 1 amide bonds. The van der Waals surface area contributed by atoms with Crippen molar-refractivity contribution in [2.24, 2.45) is 5.73 Å². The first kappa shape index (κ1) is 16.9. The van der Waals surface area contributed by atoms with Crippen LogP contribution in [0.2, 0.25) is 0 Å². The van der Waals surface area contributed by atoms with Crippen LogP contribution in [0, 0.1) is 5.82 Å². The SMILES string of the molecule is NCCCNC(=O)c1nnn(-c2ccccc2F)c1C(F)(F)F. The molecule has 0 saturated heterocycles. The van der Waals surface area contributed by atoms with Gasteiger partial charge in [-0.05, 0) is 25.1 Å². The van der Waals surface area contributed by atoms with E-state index >= 15 is 0 Å². The van der Waals surface area contributed by atoms with Crippen LogP contribution in [-0.2, 0) is 6.18 Å². The van der Waals surface area contributed by atoms with Crippen molar-refractivity contribution in [1.29, 1.82) is 0 Å². The molecule has 0 bridgehead atoms. The predicted molar refractivity (Wildman–Crippen MR) is 72.3 cm³/mol. The van der Waals surface area contributed by atoms with Crippen molar-refractivity contribution in [2.75, 3.05) is 13.1 Å². The van der Waals surface area contributed by atoms with Gasteiger partial charge in [0, 0.05) is 6.54 Å². The van der Waals surface area contributed by atoms with Gasteiger partial charge in [-0.15, -0.1) is 5.10 Å². The molecule has 0 fully saturated rings. The zero-order valence-electron chi connectivity index (χ0n) is 11.8. The fourth-order valence-electron chi connectivity index (χ4n) is 1.87. The minimum Gasteiger partial charge on any atom is -0.351 e. The summed E-state index contributed by atoms with van der Waals surface area (Å²) in [5.41, 5.74) is 2.44. The molecule has 0 spiro atoms. The van der Waals surface area contributed by atoms with Crippen LogP contribution in [0.5, 0.6) is 0 Å². The lowest BCUT2D eigenvalue weighted by atomic mass is 10.2. The first-order valence-electron chi connectivity index (χ1n) is 6.62. The van der Waals surface area contributed by atoms with E-state index in [1.165, 1.54) is 12.1 Å². The Hall–Kier alpha value is -2.49. The maximum Gasteiger partial charge on any atom is 0.435 e. The second-order valence-corrected chi connectivity index (χ2v) is 4.55. The van der Waals surface area contributed by atoms with Crippen LogP contribution >= 0.6 is 0 Å². The number of nitrogens with two attached hydrogens (primary N) is 1. The Bertz CT molecular complexity index is 698. The quantitative estimate of drug-likeness (QED) is 0.642. The summed E-state index contributed by atoms with van der Waals surface area (Å²) in [5, 5.41) is 8.81. The van der Waals surface area contributed by atoms with E-state index in [0.717, 1.165) is 12.1 Å². The molecule has 1 aromatic heterocycles. The summed E-state index contributed by atoms with van der Waals surface area (Å²) in [6.07, 6.45) is -4.54. The van der Waals surface area contributed by atoms with Crippen LogP contribution < -0.4 is 11.1 Å². The van der Waals surface area contributed by atoms with Gasteiger partial charge in [0.15, 0.2) is 11.4 Å². The lowest BCUT2D eigenvalue weighted by molar-refractivity contribution is -0.143. The maximum absolute atomic E-state index is 13.7. The van der Waals surface area contributed by atoms with Gasteiger partial charge in [0.2, 0.25) is 0 Å². The highest BCUT2D eigenvalue weighted by Crippen LogP contribution is 2.33. The standard InChI is InChI=1S/C13H13F4N5O/c14-8-4-1-2-5-9(8)22-11(13(15,16)17)10(20-21-22)12(23)19-7-3-6-18/h1-2,4-5H,3,6-7,18H2,(H,19,23). The third-order valence-corrected chi connectivity index (χ3v) is 2.90. The average Bonchev–Trinajstić information content (AvgIpc) is 2.93. The second kappa shape index (κ2) is 6.73. The van der Waals surface area contributed by atoms with E-state index < -0.39 is 35.0 Å². The van der Waals surface area contributed by atoms with Gasteiger partial charge in [0.1, 0.15) is 11.5 Å². The molecule has 0 saturated carbocycles. The summed E-state index contributed by atoms with van der Waals surface area (Å²) < 4.78 is 53.9. The number of alkyl halides is 3. The number of benzene rings is 1. The van der Waals surface area contributed by atoms with Gasteiger partial charge in [-0.25, -0.2) is 9.07 Å².